The normalized spacial score (nSPS) is 10.5. The first-order chi connectivity index (χ1) is 59.6. The summed E-state index contributed by atoms with van der Waals surface area (Å²) in [5.41, 5.74) is 23.4. The molecule has 0 aliphatic heterocycles. The highest BCUT2D eigenvalue weighted by Gasteiger charge is 2.17. The van der Waals surface area contributed by atoms with Gasteiger partial charge >= 0.3 is 0 Å². The van der Waals surface area contributed by atoms with Gasteiger partial charge < -0.3 is 73.3 Å². The van der Waals surface area contributed by atoms with E-state index in [1.54, 1.807) is 14.2 Å². The van der Waals surface area contributed by atoms with Crippen molar-refractivity contribution < 1.29 is 9.47 Å². The first-order valence-electron chi connectivity index (χ1n) is 39.9. The van der Waals surface area contributed by atoms with Crippen molar-refractivity contribution in [1.82, 2.24) is 59.8 Å². The number of anilines is 24. The molecule has 4 heterocycles. The van der Waals surface area contributed by atoms with Crippen LogP contribution in [0.25, 0.3) is 0 Å². The summed E-state index contributed by atoms with van der Waals surface area (Å²) in [6.07, 6.45) is 0. The van der Waals surface area contributed by atoms with Gasteiger partial charge in [-0.05, 0) is 265 Å². The minimum Gasteiger partial charge on any atom is -0.497 e. The van der Waals surface area contributed by atoms with Gasteiger partial charge in [0.1, 0.15) is 11.5 Å². The zero-order valence-corrected chi connectivity index (χ0v) is 70.8. The summed E-state index contributed by atoms with van der Waals surface area (Å²) in [6, 6.07) is 93.9. The highest BCUT2D eigenvalue weighted by Crippen LogP contribution is 2.32. The molecular weight excluding hydrogens is 1530 g/mol. The molecule has 26 nitrogen and oxygen atoms in total. The summed E-state index contributed by atoms with van der Waals surface area (Å²) in [4.78, 5) is 54.7. The minimum atomic E-state index is 0.393. The number of benzene rings is 12. The third-order valence-electron chi connectivity index (χ3n) is 18.4. The number of rotatable bonds is 26. The molecular formula is C97H98N24O2. The van der Waals surface area contributed by atoms with E-state index in [1.165, 1.54) is 5.56 Å². The van der Waals surface area contributed by atoms with Gasteiger partial charge in [0.05, 0.1) is 19.9 Å². The predicted octanol–water partition coefficient (Wildman–Crippen LogP) is 23.8. The van der Waals surface area contributed by atoms with Crippen molar-refractivity contribution in [3.05, 3.63) is 346 Å². The van der Waals surface area contributed by atoms with Crippen LogP contribution in [0.5, 0.6) is 11.5 Å². The van der Waals surface area contributed by atoms with Gasteiger partial charge in [-0.25, -0.2) is 0 Å². The van der Waals surface area contributed by atoms with Gasteiger partial charge in [-0.3, -0.25) is 0 Å². The van der Waals surface area contributed by atoms with Crippen LogP contribution >= 0.6 is 0 Å². The number of hydrogen-bond donors (Lipinski definition) is 12. The molecule has 16 rings (SSSR count). The third kappa shape index (κ3) is 26.2. The van der Waals surface area contributed by atoms with Crippen molar-refractivity contribution in [2.75, 3.05) is 78.0 Å². The molecule has 0 saturated carbocycles. The minimum absolute atomic E-state index is 0.393. The molecule has 0 amide bonds. The molecule has 618 valence electrons. The van der Waals surface area contributed by atoms with Gasteiger partial charge in [0.2, 0.25) is 71.4 Å². The molecule has 0 fully saturated rings. The van der Waals surface area contributed by atoms with E-state index in [4.69, 9.17) is 9.47 Å². The monoisotopic (exact) mass is 1630 g/mol. The first-order valence-corrected chi connectivity index (χ1v) is 39.9. The van der Waals surface area contributed by atoms with Crippen LogP contribution in [-0.4, -0.2) is 74.0 Å². The van der Waals surface area contributed by atoms with Gasteiger partial charge in [-0.1, -0.05) is 151 Å². The smallest absolute Gasteiger partial charge is 0.233 e. The topological polar surface area (TPSA) is 318 Å². The Kier molecular flexibility index (Phi) is 28.5. The molecule has 0 radical (unpaired) electrons. The molecule has 26 heteroatoms. The van der Waals surface area contributed by atoms with E-state index in [1.807, 2.05) is 271 Å². The Bertz CT molecular complexity index is 6030. The van der Waals surface area contributed by atoms with E-state index in [0.29, 0.717) is 77.1 Å². The van der Waals surface area contributed by atoms with Crippen LogP contribution in [0.1, 0.15) is 61.2 Å². The van der Waals surface area contributed by atoms with Crippen LogP contribution in [0.4, 0.5) is 140 Å². The number of para-hydroxylation sites is 3. The predicted molar refractivity (Wildman–Crippen MR) is 501 cm³/mol. The Labute approximate surface area is 717 Å². The lowest BCUT2D eigenvalue weighted by atomic mass is 10.1. The second-order valence-corrected chi connectivity index (χ2v) is 29.2. The summed E-state index contributed by atoms with van der Waals surface area (Å²) in [5, 5.41) is 39.3. The zero-order valence-electron chi connectivity index (χ0n) is 70.8. The van der Waals surface area contributed by atoms with E-state index in [-0.39, 0.29) is 0 Å². The van der Waals surface area contributed by atoms with E-state index in [9.17, 15) is 0 Å². The standard InChI is InChI=1S/C25H26N6.2C24H24N6O.C24H24N6/c1-16-7-5-9-20(14-16)26-23-29-24(27-21-10-6-8-17(2)15-21)31-25(30-23)28-22-12-11-18(3)13-19(22)4;1-16-7-4-9-18(13-16)25-22-28-23(26-19-10-5-8-17(2)14-19)30-24(29-22)27-20-11-6-12-21(15-20)31-3;1-16-8-6-10-18(14-16)25-22-28-23(26-19-11-7-9-17(2)15-19)30-24(29-22)27-20-12-4-5-13-21(20)31-3;1-16-8-6-11-19(14-16)25-22-28-23(26-20-12-7-9-17(2)15-20)30-24(29-22)27-21-13-5-4-10-18(21)3/h5-15H,1-4H3,(H3,26,27,28,29,30,31);2*4-15H,1-3H3,(H3,25,26,27,28,29,30);4-15H,1-3H3,(H3,25,26,27,28,29,30). The second-order valence-electron chi connectivity index (χ2n) is 29.2. The number of methoxy groups -OCH3 is 2. The van der Waals surface area contributed by atoms with Gasteiger partial charge in [0, 0.05) is 68.6 Å². The molecule has 16 aromatic rings. The highest BCUT2D eigenvalue weighted by atomic mass is 16.5. The van der Waals surface area contributed by atoms with Gasteiger partial charge in [-0.15, -0.1) is 0 Å². The number of nitrogens with one attached hydrogen (secondary N) is 12. The summed E-state index contributed by atoms with van der Waals surface area (Å²) < 4.78 is 10.7. The molecule has 0 aliphatic rings. The zero-order chi connectivity index (χ0) is 86.0. The molecule has 0 bridgehead atoms. The highest BCUT2D eigenvalue weighted by molar-refractivity contribution is 5.71. The van der Waals surface area contributed by atoms with Crippen molar-refractivity contribution in [2.45, 2.75) is 76.2 Å². The maximum Gasteiger partial charge on any atom is 0.233 e. The average molecular weight is 1630 g/mol. The number of nitrogens with zero attached hydrogens (tertiary/aromatic N) is 12. The molecule has 123 heavy (non-hydrogen) atoms. The number of hydrogen-bond acceptors (Lipinski definition) is 26. The fraction of sp³-hybridized carbons (Fsp3) is 0.134. The Morgan fingerprint density at radius 2 is 0.390 bits per heavy atom. The van der Waals surface area contributed by atoms with E-state index < -0.39 is 0 Å². The molecule has 0 aliphatic carbocycles. The number of aromatic nitrogens is 12. The van der Waals surface area contributed by atoms with Crippen molar-refractivity contribution in [2.24, 2.45) is 0 Å². The number of aryl methyl sites for hydroxylation is 11. The summed E-state index contributed by atoms with van der Waals surface area (Å²) in [5.74, 6) is 6.73. The quantitative estimate of drug-likeness (QED) is 0.0240. The largest absolute Gasteiger partial charge is 0.497 e. The van der Waals surface area contributed by atoms with Crippen LogP contribution < -0.4 is 73.3 Å². The van der Waals surface area contributed by atoms with Crippen molar-refractivity contribution in [3.63, 3.8) is 0 Å². The number of ether oxygens (including phenoxy) is 2. The molecule has 12 N–H and O–H groups in total. The second kappa shape index (κ2) is 41.3. The van der Waals surface area contributed by atoms with E-state index >= 15 is 0 Å². The fourth-order valence-corrected chi connectivity index (χ4v) is 12.6. The summed E-state index contributed by atoms with van der Waals surface area (Å²) in [6.45, 7) is 22.5. The maximum atomic E-state index is 5.43. The van der Waals surface area contributed by atoms with Crippen LogP contribution in [0.2, 0.25) is 0 Å². The van der Waals surface area contributed by atoms with E-state index in [0.717, 1.165) is 130 Å². The maximum absolute atomic E-state index is 5.43. The third-order valence-corrected chi connectivity index (χ3v) is 18.4. The molecule has 0 saturated heterocycles. The Hall–Kier alpha value is -16.1. The van der Waals surface area contributed by atoms with Gasteiger partial charge in [-0.2, -0.15) is 59.8 Å². The van der Waals surface area contributed by atoms with Gasteiger partial charge in [0.25, 0.3) is 0 Å². The Morgan fingerprint density at radius 3 is 0.642 bits per heavy atom. The Morgan fingerprint density at radius 1 is 0.171 bits per heavy atom. The first kappa shape index (κ1) is 84.8. The lowest BCUT2D eigenvalue weighted by Crippen LogP contribution is -2.08. The van der Waals surface area contributed by atoms with Crippen molar-refractivity contribution in [1.29, 1.82) is 0 Å². The fourth-order valence-electron chi connectivity index (χ4n) is 12.6. The lowest BCUT2D eigenvalue weighted by molar-refractivity contribution is 0.415. The Balaban J connectivity index is 0.000000141. The molecule has 4 aromatic heterocycles. The van der Waals surface area contributed by atoms with Crippen molar-refractivity contribution >= 4 is 140 Å². The van der Waals surface area contributed by atoms with Gasteiger partial charge in [0.15, 0.2) is 0 Å². The average Bonchev–Trinajstić information content (AvgIpc) is 0.832. The van der Waals surface area contributed by atoms with Crippen LogP contribution in [-0.2, 0) is 0 Å². The summed E-state index contributed by atoms with van der Waals surface area (Å²) >= 11 is 0. The lowest BCUT2D eigenvalue weighted by Gasteiger charge is -2.13. The molecule has 0 atom stereocenters. The van der Waals surface area contributed by atoms with Crippen LogP contribution in [0.3, 0.4) is 0 Å². The molecule has 0 unspecified atom stereocenters. The van der Waals surface area contributed by atoms with E-state index in [2.05, 4.69) is 214 Å². The molecule has 12 aromatic carbocycles. The van der Waals surface area contributed by atoms with Crippen LogP contribution in [0.15, 0.2) is 285 Å². The summed E-state index contributed by atoms with van der Waals surface area (Å²) in [7, 11) is 3.26. The van der Waals surface area contributed by atoms with Crippen molar-refractivity contribution in [3.8, 4) is 11.5 Å². The SMILES string of the molecule is COc1cccc(Nc2nc(Nc3cccc(C)c3)nc(Nc3cccc(C)c3)n2)c1.COc1ccccc1Nc1nc(Nc2cccc(C)c2)nc(Nc2cccc(C)c2)n1.Cc1cccc(Nc2nc(Nc3cccc(C)c3)nc(Nc3ccc(C)cc3C)n2)c1.Cc1cccc(Nc2nc(Nc3cccc(C)c3)nc(Nc3ccccc3C)n2)c1. The van der Waals surface area contributed by atoms with Crippen LogP contribution in [0, 0.1) is 76.2 Å². The molecule has 0 spiro atoms.